The molecule has 1 aliphatic heterocycles. The van der Waals surface area contributed by atoms with Gasteiger partial charge in [-0.1, -0.05) is 42.2 Å². The van der Waals surface area contributed by atoms with E-state index in [1.807, 2.05) is 6.92 Å². The number of thioether (sulfide) groups is 1. The van der Waals surface area contributed by atoms with Crippen LogP contribution in [0.1, 0.15) is 26.2 Å². The molecule has 1 amide bonds. The first-order valence-electron chi connectivity index (χ1n) is 5.63. The molecule has 2 aliphatic rings. The molecule has 0 bridgehead atoms. The smallest absolute Gasteiger partial charge is 0.265 e. The largest absolute Gasteiger partial charge is 0.293 e. The molecular formula is C12H15NOS2. The molecule has 2 nitrogen and oxygen atoms in total. The fraction of sp³-hybridized carbons (Fsp3) is 0.500. The van der Waals surface area contributed by atoms with Gasteiger partial charge in [-0.15, -0.1) is 0 Å². The third-order valence-corrected chi connectivity index (χ3v) is 4.28. The van der Waals surface area contributed by atoms with Gasteiger partial charge in [0, 0.05) is 6.54 Å². The molecule has 1 aliphatic carbocycles. The van der Waals surface area contributed by atoms with E-state index in [2.05, 4.69) is 18.2 Å². The molecule has 1 saturated heterocycles. The van der Waals surface area contributed by atoms with Crippen molar-refractivity contribution in [2.75, 3.05) is 6.54 Å². The van der Waals surface area contributed by atoms with Gasteiger partial charge in [0.15, 0.2) is 0 Å². The standard InChI is InChI=1S/C12H15NOS2/c1-2-13-11(14)10(16-12(13)15)8-9-6-4-3-5-7-9/h3-4,8-9H,2,5-7H2,1H3/b10-8-/t9-/m0/s1. The number of allylic oxidation sites excluding steroid dienone is 3. The van der Waals surface area contributed by atoms with Gasteiger partial charge in [-0.2, -0.15) is 0 Å². The van der Waals surface area contributed by atoms with E-state index < -0.39 is 0 Å². The molecule has 0 saturated carbocycles. The summed E-state index contributed by atoms with van der Waals surface area (Å²) in [5.41, 5.74) is 0. The Balaban J connectivity index is 2.10. The average molecular weight is 253 g/mol. The third-order valence-electron chi connectivity index (χ3n) is 2.89. The van der Waals surface area contributed by atoms with Gasteiger partial charge < -0.3 is 0 Å². The molecule has 0 spiro atoms. The lowest BCUT2D eigenvalue weighted by atomic mass is 9.94. The number of hydrogen-bond donors (Lipinski definition) is 0. The highest BCUT2D eigenvalue weighted by Crippen LogP contribution is 2.33. The first kappa shape index (κ1) is 11.9. The second kappa shape index (κ2) is 5.15. The molecule has 1 heterocycles. The Bertz CT molecular complexity index is 373. The van der Waals surface area contributed by atoms with Crippen LogP contribution in [0, 0.1) is 5.92 Å². The van der Waals surface area contributed by atoms with Crippen LogP contribution in [0.4, 0.5) is 0 Å². The number of thiocarbonyl (C=S) groups is 1. The first-order valence-corrected chi connectivity index (χ1v) is 6.85. The summed E-state index contributed by atoms with van der Waals surface area (Å²) in [6.45, 7) is 2.63. The van der Waals surface area contributed by atoms with Crippen molar-refractivity contribution in [1.82, 2.24) is 4.90 Å². The molecule has 0 N–H and O–H groups in total. The summed E-state index contributed by atoms with van der Waals surface area (Å²) in [6, 6.07) is 0. The van der Waals surface area contributed by atoms with Crippen molar-refractivity contribution >= 4 is 34.2 Å². The Kier molecular flexibility index (Phi) is 3.82. The zero-order chi connectivity index (χ0) is 11.5. The number of likely N-dealkylation sites (N-methyl/N-ethyl adjacent to an activating group) is 1. The predicted octanol–water partition coefficient (Wildman–Crippen LogP) is 3.11. The van der Waals surface area contributed by atoms with Crippen molar-refractivity contribution in [1.29, 1.82) is 0 Å². The summed E-state index contributed by atoms with van der Waals surface area (Å²) >= 11 is 6.62. The highest BCUT2D eigenvalue weighted by Gasteiger charge is 2.31. The summed E-state index contributed by atoms with van der Waals surface area (Å²) in [7, 11) is 0. The molecular weight excluding hydrogens is 238 g/mol. The highest BCUT2D eigenvalue weighted by molar-refractivity contribution is 8.26. The van der Waals surface area contributed by atoms with Gasteiger partial charge in [-0.25, -0.2) is 0 Å². The van der Waals surface area contributed by atoms with Crippen molar-refractivity contribution in [2.45, 2.75) is 26.2 Å². The molecule has 86 valence electrons. The summed E-state index contributed by atoms with van der Waals surface area (Å²) in [4.78, 5) is 14.4. The monoisotopic (exact) mass is 253 g/mol. The second-order valence-electron chi connectivity index (χ2n) is 3.99. The van der Waals surface area contributed by atoms with Crippen LogP contribution in [0.3, 0.4) is 0 Å². The van der Waals surface area contributed by atoms with E-state index in [4.69, 9.17) is 12.2 Å². The van der Waals surface area contributed by atoms with Crippen LogP contribution in [0.5, 0.6) is 0 Å². The van der Waals surface area contributed by atoms with Crippen LogP contribution in [0.25, 0.3) is 0 Å². The van der Waals surface area contributed by atoms with E-state index >= 15 is 0 Å². The van der Waals surface area contributed by atoms with Gasteiger partial charge in [0.05, 0.1) is 4.91 Å². The van der Waals surface area contributed by atoms with E-state index in [0.29, 0.717) is 16.8 Å². The van der Waals surface area contributed by atoms with E-state index in [1.165, 1.54) is 11.8 Å². The number of rotatable bonds is 2. The van der Waals surface area contributed by atoms with Crippen molar-refractivity contribution in [3.05, 3.63) is 23.1 Å². The molecule has 2 rings (SSSR count). The van der Waals surface area contributed by atoms with Gasteiger partial charge in [0.1, 0.15) is 4.32 Å². The van der Waals surface area contributed by atoms with Crippen molar-refractivity contribution < 1.29 is 4.79 Å². The molecule has 0 aromatic carbocycles. The first-order chi connectivity index (χ1) is 7.72. The van der Waals surface area contributed by atoms with E-state index in [1.54, 1.807) is 4.90 Å². The van der Waals surface area contributed by atoms with Gasteiger partial charge in [0.2, 0.25) is 0 Å². The third kappa shape index (κ3) is 2.38. The summed E-state index contributed by atoms with van der Waals surface area (Å²) < 4.78 is 0.699. The summed E-state index contributed by atoms with van der Waals surface area (Å²) in [5.74, 6) is 0.600. The van der Waals surface area contributed by atoms with E-state index in [9.17, 15) is 4.79 Å². The molecule has 1 atom stereocenters. The maximum Gasteiger partial charge on any atom is 0.265 e. The Morgan fingerprint density at radius 2 is 2.44 bits per heavy atom. The molecule has 0 unspecified atom stereocenters. The van der Waals surface area contributed by atoms with Gasteiger partial charge >= 0.3 is 0 Å². The zero-order valence-corrected chi connectivity index (χ0v) is 10.9. The molecule has 4 heteroatoms. The molecule has 0 aromatic heterocycles. The minimum atomic E-state index is 0.0899. The van der Waals surface area contributed by atoms with Crippen LogP contribution >= 0.6 is 24.0 Å². The zero-order valence-electron chi connectivity index (χ0n) is 9.31. The second-order valence-corrected chi connectivity index (χ2v) is 5.67. The van der Waals surface area contributed by atoms with Gasteiger partial charge in [-0.05, 0) is 32.1 Å². The van der Waals surface area contributed by atoms with Crippen LogP contribution < -0.4 is 0 Å². The predicted molar refractivity (Wildman–Crippen MR) is 72.1 cm³/mol. The minimum absolute atomic E-state index is 0.0899. The fourth-order valence-electron chi connectivity index (χ4n) is 1.97. The number of amides is 1. The summed E-state index contributed by atoms with van der Waals surface area (Å²) in [5, 5.41) is 0. The normalized spacial score (nSPS) is 28.2. The maximum atomic E-state index is 12.0. The number of carbonyl (C=O) groups excluding carboxylic acids is 1. The highest BCUT2D eigenvalue weighted by atomic mass is 32.2. The van der Waals surface area contributed by atoms with E-state index in [-0.39, 0.29) is 5.91 Å². The van der Waals surface area contributed by atoms with Crippen LogP contribution in [-0.4, -0.2) is 21.7 Å². The minimum Gasteiger partial charge on any atom is -0.293 e. The van der Waals surface area contributed by atoms with E-state index in [0.717, 1.165) is 24.2 Å². The van der Waals surface area contributed by atoms with Gasteiger partial charge in [-0.3, -0.25) is 9.69 Å². The Morgan fingerprint density at radius 3 is 3.00 bits per heavy atom. The number of carbonyl (C=O) groups is 1. The number of nitrogens with zero attached hydrogens (tertiary/aromatic N) is 1. The van der Waals surface area contributed by atoms with Crippen LogP contribution in [-0.2, 0) is 4.79 Å². The fourth-order valence-corrected chi connectivity index (χ4v) is 3.42. The Labute approximate surface area is 106 Å². The Hall–Kier alpha value is -0.610. The van der Waals surface area contributed by atoms with Crippen molar-refractivity contribution in [3.63, 3.8) is 0 Å². The van der Waals surface area contributed by atoms with Crippen molar-refractivity contribution in [2.24, 2.45) is 5.92 Å². The Morgan fingerprint density at radius 1 is 1.62 bits per heavy atom. The van der Waals surface area contributed by atoms with Crippen molar-refractivity contribution in [3.8, 4) is 0 Å². The molecule has 0 aromatic rings. The lowest BCUT2D eigenvalue weighted by Crippen LogP contribution is -2.27. The van der Waals surface area contributed by atoms with Crippen LogP contribution in [0.2, 0.25) is 0 Å². The number of hydrogen-bond acceptors (Lipinski definition) is 3. The quantitative estimate of drug-likeness (QED) is 0.428. The SMILES string of the molecule is CCN1C(=O)/C(=C/[C@H]2CC=CCC2)SC1=S. The summed E-state index contributed by atoms with van der Waals surface area (Å²) in [6.07, 6.45) is 9.84. The molecule has 1 fully saturated rings. The molecule has 0 radical (unpaired) electrons. The average Bonchev–Trinajstić information content (AvgIpc) is 2.55. The maximum absolute atomic E-state index is 12.0. The van der Waals surface area contributed by atoms with Gasteiger partial charge in [0.25, 0.3) is 5.91 Å². The lowest BCUT2D eigenvalue weighted by molar-refractivity contribution is -0.122. The van der Waals surface area contributed by atoms with Crippen LogP contribution in [0.15, 0.2) is 23.1 Å². The topological polar surface area (TPSA) is 20.3 Å². The lowest BCUT2D eigenvalue weighted by Gasteiger charge is -2.13. The molecule has 16 heavy (non-hydrogen) atoms.